The molecule has 0 spiro atoms. The summed E-state index contributed by atoms with van der Waals surface area (Å²) in [5, 5.41) is 23.5. The van der Waals surface area contributed by atoms with E-state index >= 15 is 0 Å². The summed E-state index contributed by atoms with van der Waals surface area (Å²) in [6, 6.07) is 11.5. The summed E-state index contributed by atoms with van der Waals surface area (Å²) in [7, 11) is 0. The first-order chi connectivity index (χ1) is 15.3. The molecule has 0 aliphatic rings. The van der Waals surface area contributed by atoms with Crippen LogP contribution in [0.3, 0.4) is 0 Å². The first kappa shape index (κ1) is 24.4. The van der Waals surface area contributed by atoms with Crippen LogP contribution in [0.1, 0.15) is 51.2 Å². The lowest BCUT2D eigenvalue weighted by atomic mass is 10.0. The largest absolute Gasteiger partial charge is 0.501 e. The van der Waals surface area contributed by atoms with E-state index in [2.05, 4.69) is 20.6 Å². The summed E-state index contributed by atoms with van der Waals surface area (Å²) in [6.45, 7) is 6.26. The molecular weight excluding hydrogens is 406 g/mol. The molecule has 0 saturated heterocycles. The van der Waals surface area contributed by atoms with Crippen molar-refractivity contribution in [2.45, 2.75) is 45.6 Å². The predicted molar refractivity (Wildman–Crippen MR) is 125 cm³/mol. The Morgan fingerprint density at radius 1 is 1.25 bits per heavy atom. The molecule has 2 rings (SSSR count). The van der Waals surface area contributed by atoms with Crippen LogP contribution in [0, 0.1) is 11.5 Å². The zero-order valence-corrected chi connectivity index (χ0v) is 18.6. The summed E-state index contributed by atoms with van der Waals surface area (Å²) in [4.78, 5) is 19.3. The van der Waals surface area contributed by atoms with Crippen molar-refractivity contribution in [3.63, 3.8) is 0 Å². The summed E-state index contributed by atoms with van der Waals surface area (Å²) < 4.78 is 5.73. The molecule has 0 aliphatic carbocycles. The second kappa shape index (κ2) is 12.1. The predicted octanol–water partition coefficient (Wildman–Crippen LogP) is 4.38. The van der Waals surface area contributed by atoms with E-state index in [9.17, 15) is 4.79 Å². The van der Waals surface area contributed by atoms with Gasteiger partial charge in [-0.1, -0.05) is 18.2 Å². The number of nitrogens with zero attached hydrogens (tertiary/aromatic N) is 3. The summed E-state index contributed by atoms with van der Waals surface area (Å²) >= 11 is 0. The Morgan fingerprint density at radius 2 is 2.03 bits per heavy atom. The number of nitriles is 1. The molecule has 3 N–H and O–H groups in total. The topological polar surface area (TPSA) is 120 Å². The van der Waals surface area contributed by atoms with Gasteiger partial charge in [-0.15, -0.1) is 0 Å². The Kier molecular flexibility index (Phi) is 9.23. The molecule has 0 aliphatic heterocycles. The molecular formula is C24H29N5O3. The number of nitrogens with one attached hydrogen (secondary N) is 2. The zero-order chi connectivity index (χ0) is 23.4. The minimum Gasteiger partial charge on any atom is -0.501 e. The van der Waals surface area contributed by atoms with E-state index in [1.54, 1.807) is 18.7 Å². The van der Waals surface area contributed by atoms with E-state index in [4.69, 9.17) is 15.1 Å². The van der Waals surface area contributed by atoms with E-state index in [-0.39, 0.29) is 12.0 Å². The molecule has 0 fully saturated rings. The van der Waals surface area contributed by atoms with Crippen molar-refractivity contribution in [2.75, 3.05) is 11.9 Å². The van der Waals surface area contributed by atoms with Crippen molar-refractivity contribution in [2.24, 2.45) is 4.99 Å². The monoisotopic (exact) mass is 435 g/mol. The number of rotatable bonds is 9. The van der Waals surface area contributed by atoms with E-state index in [0.717, 1.165) is 22.4 Å². The van der Waals surface area contributed by atoms with E-state index in [1.807, 2.05) is 63.4 Å². The molecule has 32 heavy (non-hydrogen) atoms. The molecule has 2 aromatic rings. The lowest BCUT2D eigenvalue weighted by Gasteiger charge is -2.17. The fourth-order valence-corrected chi connectivity index (χ4v) is 2.81. The molecule has 8 nitrogen and oxygen atoms in total. The number of hydrogen-bond acceptors (Lipinski definition) is 5. The Hall–Kier alpha value is -3.86. The van der Waals surface area contributed by atoms with Crippen LogP contribution in [-0.4, -0.2) is 34.2 Å². The van der Waals surface area contributed by atoms with Gasteiger partial charge in [-0.2, -0.15) is 5.26 Å². The van der Waals surface area contributed by atoms with Gasteiger partial charge >= 0.3 is 5.97 Å². The number of carboxylic acid groups (broad SMARTS) is 1. The van der Waals surface area contributed by atoms with Crippen molar-refractivity contribution in [3.05, 3.63) is 66.2 Å². The van der Waals surface area contributed by atoms with Crippen LogP contribution in [0.15, 0.2) is 60.0 Å². The summed E-state index contributed by atoms with van der Waals surface area (Å²) in [5.74, 6) is -0.445. The van der Waals surface area contributed by atoms with Crippen molar-refractivity contribution in [3.8, 4) is 6.19 Å². The van der Waals surface area contributed by atoms with Gasteiger partial charge in [-0.25, -0.2) is 4.99 Å². The lowest BCUT2D eigenvalue weighted by Crippen LogP contribution is -2.30. The zero-order valence-electron chi connectivity index (χ0n) is 18.6. The van der Waals surface area contributed by atoms with Crippen LogP contribution in [-0.2, 0) is 9.53 Å². The third-order valence-corrected chi connectivity index (χ3v) is 4.13. The number of unbranched alkanes of at least 4 members (excludes halogenated alkanes) is 1. The number of ether oxygens (including phenoxy) is 1. The molecule has 0 atom stereocenters. The van der Waals surface area contributed by atoms with Crippen LogP contribution in [0.2, 0.25) is 0 Å². The molecule has 0 radical (unpaired) electrons. The number of carbonyl (C=O) groups is 1. The Balaban J connectivity index is 2.25. The van der Waals surface area contributed by atoms with Crippen LogP contribution in [0.25, 0.3) is 5.57 Å². The van der Waals surface area contributed by atoms with Crippen molar-refractivity contribution in [1.29, 1.82) is 5.26 Å². The third-order valence-electron chi connectivity index (χ3n) is 4.13. The average molecular weight is 436 g/mol. The van der Waals surface area contributed by atoms with Gasteiger partial charge in [0.1, 0.15) is 0 Å². The van der Waals surface area contributed by atoms with Gasteiger partial charge in [-0.05, 0) is 57.4 Å². The quantitative estimate of drug-likeness (QED) is 0.133. The third kappa shape index (κ3) is 8.88. The number of hydrogen-bond donors (Lipinski definition) is 3. The standard InChI is InChI=1S/C24H29N5O3/c1-24(2,3)29-23(27-17-25)28-20-10-6-8-18(14-20)21(19-9-7-12-26-15-19)16-32-13-5-4-11-22(30)31/h6-10,12,14-16H,4-5,11,13H2,1-3H3,(H,30,31)(H2,27,28,29)/b21-16+. The highest BCUT2D eigenvalue weighted by atomic mass is 16.5. The van der Waals surface area contributed by atoms with Crippen LogP contribution < -0.4 is 10.6 Å². The Bertz CT molecular complexity index is 989. The number of aliphatic carboxylic acids is 1. The second-order valence-electron chi connectivity index (χ2n) is 8.07. The molecule has 1 heterocycles. The first-order valence-electron chi connectivity index (χ1n) is 10.3. The maximum Gasteiger partial charge on any atom is 0.303 e. The normalized spacial score (nSPS) is 12.1. The molecule has 0 saturated carbocycles. The molecule has 0 bridgehead atoms. The number of aromatic nitrogens is 1. The number of aliphatic imine (C=N–C) groups is 1. The van der Waals surface area contributed by atoms with Crippen LogP contribution in [0.4, 0.5) is 5.69 Å². The van der Waals surface area contributed by atoms with Gasteiger partial charge in [0.05, 0.1) is 18.4 Å². The van der Waals surface area contributed by atoms with Gasteiger partial charge < -0.3 is 15.2 Å². The SMILES string of the molecule is CC(C)(C)N=C(NC#N)Nc1cccc(/C(=C\OCCCCC(=O)O)c2cccnc2)c1. The van der Waals surface area contributed by atoms with Crippen molar-refractivity contribution in [1.82, 2.24) is 10.3 Å². The minimum atomic E-state index is -0.804. The Morgan fingerprint density at radius 3 is 2.69 bits per heavy atom. The van der Waals surface area contributed by atoms with Gasteiger partial charge in [-0.3, -0.25) is 15.1 Å². The van der Waals surface area contributed by atoms with E-state index < -0.39 is 5.97 Å². The average Bonchev–Trinajstić information content (AvgIpc) is 2.73. The second-order valence-corrected chi connectivity index (χ2v) is 8.07. The van der Waals surface area contributed by atoms with Gasteiger partial charge in [0.25, 0.3) is 0 Å². The minimum absolute atomic E-state index is 0.130. The number of anilines is 1. The highest BCUT2D eigenvalue weighted by molar-refractivity contribution is 5.95. The summed E-state index contributed by atoms with van der Waals surface area (Å²) in [5.41, 5.74) is 3.00. The van der Waals surface area contributed by atoms with Crippen LogP contribution in [0.5, 0.6) is 0 Å². The highest BCUT2D eigenvalue weighted by Crippen LogP contribution is 2.25. The Labute approximate surface area is 188 Å². The van der Waals surface area contributed by atoms with Crippen molar-refractivity contribution < 1.29 is 14.6 Å². The molecule has 0 amide bonds. The maximum absolute atomic E-state index is 10.6. The fourth-order valence-electron chi connectivity index (χ4n) is 2.81. The molecule has 0 unspecified atom stereocenters. The molecule has 1 aromatic carbocycles. The fraction of sp³-hybridized carbons (Fsp3) is 0.333. The number of pyridine rings is 1. The molecule has 8 heteroatoms. The highest BCUT2D eigenvalue weighted by Gasteiger charge is 2.12. The van der Waals surface area contributed by atoms with Gasteiger partial charge in [0.2, 0.25) is 5.96 Å². The maximum atomic E-state index is 10.6. The van der Waals surface area contributed by atoms with E-state index in [0.29, 0.717) is 25.4 Å². The van der Waals surface area contributed by atoms with Gasteiger partial charge in [0.15, 0.2) is 6.19 Å². The smallest absolute Gasteiger partial charge is 0.303 e. The first-order valence-corrected chi connectivity index (χ1v) is 10.3. The summed E-state index contributed by atoms with van der Waals surface area (Å²) in [6.07, 6.45) is 8.38. The van der Waals surface area contributed by atoms with Crippen molar-refractivity contribution >= 4 is 23.2 Å². The molecule has 168 valence electrons. The molecule has 1 aromatic heterocycles. The van der Waals surface area contributed by atoms with E-state index in [1.165, 1.54) is 0 Å². The number of guanidine groups is 1. The lowest BCUT2D eigenvalue weighted by molar-refractivity contribution is -0.137. The van der Waals surface area contributed by atoms with Crippen LogP contribution >= 0.6 is 0 Å². The number of carboxylic acids is 1. The van der Waals surface area contributed by atoms with Gasteiger partial charge in [0, 0.05) is 35.6 Å². The number of benzene rings is 1.